The van der Waals surface area contributed by atoms with Gasteiger partial charge in [-0.1, -0.05) is 0 Å². The highest BCUT2D eigenvalue weighted by molar-refractivity contribution is 6.60. The molecule has 0 spiro atoms. The second-order valence-electron chi connectivity index (χ2n) is 16.7. The highest BCUT2D eigenvalue weighted by Gasteiger charge is 2.39. The summed E-state index contributed by atoms with van der Waals surface area (Å²) in [5, 5.41) is 20.7. The Bertz CT molecular complexity index is 2170. The molecule has 0 fully saturated rings. The number of hydrogen-bond acceptors (Lipinski definition) is 21. The third-order valence-corrected chi connectivity index (χ3v) is 14.1. The maximum atomic E-state index is 13.1. The first kappa shape index (κ1) is 60.4. The Kier molecular flexibility index (Phi) is 28.5. The van der Waals surface area contributed by atoms with Crippen molar-refractivity contribution in [3.05, 3.63) is 84.9 Å². The molecule has 77 heavy (non-hydrogen) atoms. The molecule has 2 aliphatic rings. The summed E-state index contributed by atoms with van der Waals surface area (Å²) in [6, 6.07) is 25.5. The van der Waals surface area contributed by atoms with Crippen LogP contribution in [-0.2, 0) is 51.2 Å². The Balaban J connectivity index is 1.05. The number of nitrogens with one attached hydrogen (secondary N) is 1. The summed E-state index contributed by atoms with van der Waals surface area (Å²) in [4.78, 5) is 13.1. The number of hydrogen-bond donors (Lipinski definition) is 1. The normalized spacial score (nSPS) is 16.4. The van der Waals surface area contributed by atoms with Crippen molar-refractivity contribution in [2.45, 2.75) is 39.3 Å². The summed E-state index contributed by atoms with van der Waals surface area (Å²) in [5.74, 6) is 2.97. The number of ether oxygens (including phenoxy) is 13. The van der Waals surface area contributed by atoms with Crippen LogP contribution in [0.1, 0.15) is 27.2 Å². The SMILES string of the molecule is CCO[Si](CCCNC(=O)COC(COc1ccc(N=Nc2ccc3c(c2)OCCOCCOCCOCCO3)cc1)COc1ccc(N=Nc2ccc3c(c2)OCCOCCOCCOCCO3)cc1)(OCC)OCC. The summed E-state index contributed by atoms with van der Waals surface area (Å²) >= 11 is 0. The summed E-state index contributed by atoms with van der Waals surface area (Å²) in [7, 11) is -2.85. The average molecular weight is 1090 g/mol. The van der Waals surface area contributed by atoms with Crippen molar-refractivity contribution >= 4 is 37.5 Å². The quantitative estimate of drug-likeness (QED) is 0.0417. The molecule has 0 aliphatic carbocycles. The Hall–Kier alpha value is -5.83. The van der Waals surface area contributed by atoms with Gasteiger partial charge in [-0.15, -0.1) is 0 Å². The van der Waals surface area contributed by atoms with Gasteiger partial charge in [0.15, 0.2) is 23.0 Å². The van der Waals surface area contributed by atoms with Gasteiger partial charge in [0.1, 0.15) is 63.9 Å². The van der Waals surface area contributed by atoms with E-state index in [1.54, 1.807) is 84.9 Å². The Morgan fingerprint density at radius 1 is 0.481 bits per heavy atom. The summed E-state index contributed by atoms with van der Waals surface area (Å²) < 4.78 is 93.5. The molecule has 0 atom stereocenters. The van der Waals surface area contributed by atoms with Gasteiger partial charge in [-0.05, 0) is 100.0 Å². The average Bonchev–Trinajstić information content (AvgIpc) is 3.46. The van der Waals surface area contributed by atoms with Crippen LogP contribution in [0.15, 0.2) is 105 Å². The molecule has 0 bridgehead atoms. The van der Waals surface area contributed by atoms with Gasteiger partial charge < -0.3 is 80.2 Å². The van der Waals surface area contributed by atoms with Gasteiger partial charge in [0.2, 0.25) is 5.91 Å². The molecule has 0 saturated heterocycles. The van der Waals surface area contributed by atoms with Crippen molar-refractivity contribution in [3.63, 3.8) is 0 Å². The second-order valence-corrected chi connectivity index (χ2v) is 19.4. The number of rotatable bonds is 23. The molecule has 2 aliphatic heterocycles. The van der Waals surface area contributed by atoms with Gasteiger partial charge >= 0.3 is 8.80 Å². The van der Waals surface area contributed by atoms with Crippen molar-refractivity contribution in [2.24, 2.45) is 20.5 Å². The second kappa shape index (κ2) is 36.3. The first-order valence-corrected chi connectivity index (χ1v) is 28.2. The molecular weight excluding hydrogens is 1020 g/mol. The lowest BCUT2D eigenvalue weighted by atomic mass is 10.3. The van der Waals surface area contributed by atoms with Crippen LogP contribution in [-0.4, -0.2) is 173 Å². The molecule has 0 saturated carbocycles. The van der Waals surface area contributed by atoms with E-state index in [1.165, 1.54) is 0 Å². The first-order chi connectivity index (χ1) is 37.9. The van der Waals surface area contributed by atoms with Crippen molar-refractivity contribution in [1.29, 1.82) is 0 Å². The largest absolute Gasteiger partial charge is 0.500 e. The molecule has 0 unspecified atom stereocenters. The monoisotopic (exact) mass is 1090 g/mol. The van der Waals surface area contributed by atoms with Crippen LogP contribution in [0.2, 0.25) is 6.04 Å². The van der Waals surface area contributed by atoms with Crippen LogP contribution < -0.4 is 33.7 Å². The van der Waals surface area contributed by atoms with Crippen molar-refractivity contribution in [2.75, 3.05) is 152 Å². The zero-order valence-corrected chi connectivity index (χ0v) is 45.6. The van der Waals surface area contributed by atoms with E-state index in [2.05, 4.69) is 25.8 Å². The molecule has 4 aromatic rings. The molecule has 4 aromatic carbocycles. The van der Waals surface area contributed by atoms with E-state index in [9.17, 15) is 4.79 Å². The lowest BCUT2D eigenvalue weighted by Gasteiger charge is -2.28. The van der Waals surface area contributed by atoms with E-state index in [0.29, 0.717) is 202 Å². The number of benzene rings is 4. The zero-order chi connectivity index (χ0) is 53.9. The smallest absolute Gasteiger partial charge is 0.491 e. The van der Waals surface area contributed by atoms with E-state index < -0.39 is 14.9 Å². The van der Waals surface area contributed by atoms with Crippen molar-refractivity contribution in [3.8, 4) is 34.5 Å². The minimum absolute atomic E-state index is 0.0685. The molecule has 422 valence electrons. The molecular formula is C54H75N5O17Si. The fraction of sp³-hybridized carbons (Fsp3) is 0.537. The Labute approximate surface area is 452 Å². The first-order valence-electron chi connectivity index (χ1n) is 26.3. The number of carbonyl (C=O) groups is 1. The third kappa shape index (κ3) is 23.8. The highest BCUT2D eigenvalue weighted by Crippen LogP contribution is 2.34. The van der Waals surface area contributed by atoms with Gasteiger partial charge in [0.05, 0.1) is 102 Å². The zero-order valence-electron chi connectivity index (χ0n) is 44.6. The number of amides is 1. The third-order valence-electron chi connectivity index (χ3n) is 10.9. The van der Waals surface area contributed by atoms with Crippen LogP contribution in [0.25, 0.3) is 0 Å². The Morgan fingerprint density at radius 3 is 1.22 bits per heavy atom. The molecule has 0 radical (unpaired) electrons. The summed E-state index contributed by atoms with van der Waals surface area (Å²) in [5.41, 5.74) is 2.32. The van der Waals surface area contributed by atoms with Gasteiger partial charge in [-0.2, -0.15) is 20.5 Å². The predicted octanol–water partition coefficient (Wildman–Crippen LogP) is 8.56. The molecule has 0 aromatic heterocycles. The molecule has 2 heterocycles. The predicted molar refractivity (Wildman–Crippen MR) is 285 cm³/mol. The molecule has 6 rings (SSSR count). The van der Waals surface area contributed by atoms with Gasteiger partial charge in [-0.25, -0.2) is 0 Å². The fourth-order valence-corrected chi connectivity index (χ4v) is 9.87. The van der Waals surface area contributed by atoms with Crippen LogP contribution in [0.3, 0.4) is 0 Å². The minimum Gasteiger partial charge on any atom is -0.491 e. The highest BCUT2D eigenvalue weighted by atomic mass is 28.4. The summed E-state index contributed by atoms with van der Waals surface area (Å²) in [6.45, 7) is 14.2. The van der Waals surface area contributed by atoms with Gasteiger partial charge in [-0.3, -0.25) is 4.79 Å². The maximum Gasteiger partial charge on any atom is 0.500 e. The molecule has 1 N–H and O–H groups in total. The van der Waals surface area contributed by atoms with E-state index in [1.807, 2.05) is 20.8 Å². The van der Waals surface area contributed by atoms with E-state index >= 15 is 0 Å². The molecule has 23 heteroatoms. The van der Waals surface area contributed by atoms with Crippen LogP contribution in [0.4, 0.5) is 22.7 Å². The van der Waals surface area contributed by atoms with Crippen LogP contribution in [0.5, 0.6) is 34.5 Å². The van der Waals surface area contributed by atoms with E-state index in [-0.39, 0.29) is 25.7 Å². The minimum atomic E-state index is -2.85. The van der Waals surface area contributed by atoms with Crippen LogP contribution >= 0.6 is 0 Å². The number of azo groups is 2. The maximum absolute atomic E-state index is 13.1. The summed E-state index contributed by atoms with van der Waals surface area (Å²) in [6.07, 6.45) is -0.0403. The van der Waals surface area contributed by atoms with Gasteiger partial charge in [0.25, 0.3) is 0 Å². The van der Waals surface area contributed by atoms with E-state index in [0.717, 1.165) is 0 Å². The van der Waals surface area contributed by atoms with Crippen molar-refractivity contribution < 1.29 is 79.7 Å². The topological polar surface area (TPSA) is 226 Å². The lowest BCUT2D eigenvalue weighted by molar-refractivity contribution is -0.129. The van der Waals surface area contributed by atoms with E-state index in [4.69, 9.17) is 74.9 Å². The fourth-order valence-electron chi connectivity index (χ4n) is 7.26. The molecule has 1 amide bonds. The number of fused-ring (bicyclic) bond motifs is 2. The number of nitrogens with zero attached hydrogens (tertiary/aromatic N) is 4. The number of carbonyl (C=O) groups excluding carboxylic acids is 1. The van der Waals surface area contributed by atoms with Crippen molar-refractivity contribution in [1.82, 2.24) is 5.32 Å². The van der Waals surface area contributed by atoms with Crippen LogP contribution in [0, 0.1) is 0 Å². The lowest BCUT2D eigenvalue weighted by Crippen LogP contribution is -2.46. The standard InChI is InChI=1S/C54H75N5O17Si/c1-4-74-77(75-5-2,76-6-3)37-7-20-55-54(60)42-73-49(40-71-47-14-8-43(9-15-47)56-58-45-12-18-50-52(38-45)69-35-31-65-27-23-61-21-25-63-29-33-67-50)41-72-48-16-10-44(11-17-48)57-59-46-13-19-51-53(39-46)70-36-32-66-28-24-62-22-26-64-30-34-68-51/h8-19,38-39,49H,4-7,20-37,40-42H2,1-3H3,(H,55,60). The molecule has 22 nitrogen and oxygen atoms in total. The van der Waals surface area contributed by atoms with Gasteiger partial charge in [0, 0.05) is 44.5 Å². The Morgan fingerprint density at radius 2 is 0.831 bits per heavy atom.